The molecule has 21 heavy (non-hydrogen) atoms. The van der Waals surface area contributed by atoms with Crippen molar-refractivity contribution in [2.75, 3.05) is 14.2 Å². The predicted octanol–water partition coefficient (Wildman–Crippen LogP) is 2.18. The molecule has 2 atom stereocenters. The van der Waals surface area contributed by atoms with E-state index in [9.17, 15) is 15.3 Å². The molecule has 2 aromatic carbocycles. The van der Waals surface area contributed by atoms with Gasteiger partial charge in [0, 0.05) is 6.07 Å². The Morgan fingerprint density at radius 1 is 0.762 bits per heavy atom. The standard InChI is InChI=1S/C16H18O5/c1-20-13-7-11(8-14(9-13)21-2)16(19)15(18)10-3-5-12(17)6-4-10/h3-9,15-19H,1-2H3. The number of hydrogen-bond donors (Lipinski definition) is 3. The first-order chi connectivity index (χ1) is 10.0. The van der Waals surface area contributed by atoms with Crippen molar-refractivity contribution in [3.8, 4) is 17.2 Å². The third-order valence-corrected chi connectivity index (χ3v) is 3.25. The van der Waals surface area contributed by atoms with Crippen LogP contribution in [0.1, 0.15) is 23.3 Å². The van der Waals surface area contributed by atoms with Crippen LogP contribution in [0.3, 0.4) is 0 Å². The Bertz CT molecular complexity index is 572. The van der Waals surface area contributed by atoms with E-state index in [1.165, 1.54) is 26.4 Å². The summed E-state index contributed by atoms with van der Waals surface area (Å²) in [6.45, 7) is 0. The molecule has 0 bridgehead atoms. The van der Waals surface area contributed by atoms with Gasteiger partial charge in [0.2, 0.25) is 0 Å². The summed E-state index contributed by atoms with van der Waals surface area (Å²) < 4.78 is 10.3. The summed E-state index contributed by atoms with van der Waals surface area (Å²) in [6.07, 6.45) is -2.26. The highest BCUT2D eigenvalue weighted by Gasteiger charge is 2.21. The van der Waals surface area contributed by atoms with Crippen molar-refractivity contribution in [2.45, 2.75) is 12.2 Å². The summed E-state index contributed by atoms with van der Waals surface area (Å²) in [5, 5.41) is 29.8. The highest BCUT2D eigenvalue weighted by Crippen LogP contribution is 2.33. The molecule has 0 aliphatic heterocycles. The third kappa shape index (κ3) is 3.45. The van der Waals surface area contributed by atoms with Gasteiger partial charge in [-0.05, 0) is 35.4 Å². The number of benzene rings is 2. The van der Waals surface area contributed by atoms with Crippen LogP contribution in [-0.4, -0.2) is 29.5 Å². The molecule has 0 spiro atoms. The molecule has 0 fully saturated rings. The molecule has 0 saturated carbocycles. The molecular formula is C16H18O5. The van der Waals surface area contributed by atoms with Gasteiger partial charge in [0.15, 0.2) is 0 Å². The lowest BCUT2D eigenvalue weighted by Crippen LogP contribution is -2.10. The van der Waals surface area contributed by atoms with Crippen LogP contribution in [-0.2, 0) is 0 Å². The Balaban J connectivity index is 2.29. The van der Waals surface area contributed by atoms with E-state index in [1.54, 1.807) is 30.3 Å². The molecule has 3 N–H and O–H groups in total. The number of ether oxygens (including phenoxy) is 2. The highest BCUT2D eigenvalue weighted by atomic mass is 16.5. The molecule has 2 unspecified atom stereocenters. The van der Waals surface area contributed by atoms with E-state index in [1.807, 2.05) is 0 Å². The summed E-state index contributed by atoms with van der Waals surface area (Å²) in [5.41, 5.74) is 0.980. The maximum atomic E-state index is 10.3. The molecule has 0 aliphatic rings. The summed E-state index contributed by atoms with van der Waals surface area (Å²) in [4.78, 5) is 0. The number of hydrogen-bond acceptors (Lipinski definition) is 5. The third-order valence-electron chi connectivity index (χ3n) is 3.25. The SMILES string of the molecule is COc1cc(OC)cc(C(O)C(O)c2ccc(O)cc2)c1. The van der Waals surface area contributed by atoms with E-state index in [0.29, 0.717) is 22.6 Å². The summed E-state index contributed by atoms with van der Waals surface area (Å²) in [6, 6.07) is 11.0. The van der Waals surface area contributed by atoms with Crippen LogP contribution in [0.4, 0.5) is 0 Å². The van der Waals surface area contributed by atoms with E-state index >= 15 is 0 Å². The number of aliphatic hydroxyl groups is 2. The van der Waals surface area contributed by atoms with E-state index < -0.39 is 12.2 Å². The zero-order valence-corrected chi connectivity index (χ0v) is 11.9. The highest BCUT2D eigenvalue weighted by molar-refractivity contribution is 5.40. The zero-order valence-electron chi connectivity index (χ0n) is 11.9. The average molecular weight is 290 g/mol. The Kier molecular flexibility index (Phi) is 4.67. The monoisotopic (exact) mass is 290 g/mol. The van der Waals surface area contributed by atoms with Crippen LogP contribution in [0.2, 0.25) is 0 Å². The van der Waals surface area contributed by atoms with E-state index in [4.69, 9.17) is 9.47 Å². The summed E-state index contributed by atoms with van der Waals surface area (Å²) in [5.74, 6) is 1.16. The number of aliphatic hydroxyl groups excluding tert-OH is 2. The van der Waals surface area contributed by atoms with Crippen LogP contribution in [0.25, 0.3) is 0 Å². The quantitative estimate of drug-likeness (QED) is 0.786. The maximum absolute atomic E-state index is 10.3. The van der Waals surface area contributed by atoms with Gasteiger partial charge in [-0.3, -0.25) is 0 Å². The molecule has 0 aromatic heterocycles. The van der Waals surface area contributed by atoms with Gasteiger partial charge >= 0.3 is 0 Å². The van der Waals surface area contributed by atoms with Crippen molar-refractivity contribution in [3.63, 3.8) is 0 Å². The molecule has 5 heteroatoms. The Morgan fingerprint density at radius 3 is 1.71 bits per heavy atom. The summed E-state index contributed by atoms with van der Waals surface area (Å²) >= 11 is 0. The molecule has 0 radical (unpaired) electrons. The Labute approximate surface area is 123 Å². The minimum atomic E-state index is -1.14. The molecule has 0 heterocycles. The number of aromatic hydroxyl groups is 1. The van der Waals surface area contributed by atoms with Gasteiger partial charge < -0.3 is 24.8 Å². The van der Waals surface area contributed by atoms with Gasteiger partial charge in [0.25, 0.3) is 0 Å². The number of phenolic OH excluding ortho intramolecular Hbond substituents is 1. The Morgan fingerprint density at radius 2 is 1.24 bits per heavy atom. The van der Waals surface area contributed by atoms with Gasteiger partial charge in [0.1, 0.15) is 29.5 Å². The molecular weight excluding hydrogens is 272 g/mol. The zero-order chi connectivity index (χ0) is 15.4. The first kappa shape index (κ1) is 15.2. The predicted molar refractivity (Wildman–Crippen MR) is 77.6 cm³/mol. The molecule has 0 aliphatic carbocycles. The number of phenols is 1. The van der Waals surface area contributed by atoms with Crippen molar-refractivity contribution in [1.29, 1.82) is 0 Å². The number of rotatable bonds is 5. The van der Waals surface area contributed by atoms with Gasteiger partial charge in [0.05, 0.1) is 14.2 Å². The lowest BCUT2D eigenvalue weighted by Gasteiger charge is -2.20. The molecule has 0 saturated heterocycles. The first-order valence-corrected chi connectivity index (χ1v) is 6.43. The van der Waals surface area contributed by atoms with Crippen LogP contribution >= 0.6 is 0 Å². The first-order valence-electron chi connectivity index (χ1n) is 6.43. The molecule has 112 valence electrons. The second-order valence-corrected chi connectivity index (χ2v) is 4.63. The van der Waals surface area contributed by atoms with Crippen molar-refractivity contribution in [2.24, 2.45) is 0 Å². The van der Waals surface area contributed by atoms with E-state index in [-0.39, 0.29) is 5.75 Å². The van der Waals surface area contributed by atoms with Crippen LogP contribution in [0, 0.1) is 0 Å². The van der Waals surface area contributed by atoms with Crippen molar-refractivity contribution in [3.05, 3.63) is 53.6 Å². The lowest BCUT2D eigenvalue weighted by molar-refractivity contribution is 0.0170. The second kappa shape index (κ2) is 6.47. The normalized spacial score (nSPS) is 13.5. The molecule has 5 nitrogen and oxygen atoms in total. The fourth-order valence-electron chi connectivity index (χ4n) is 2.04. The fourth-order valence-corrected chi connectivity index (χ4v) is 2.04. The molecule has 2 rings (SSSR count). The molecule has 2 aromatic rings. The van der Waals surface area contributed by atoms with Gasteiger partial charge in [-0.2, -0.15) is 0 Å². The average Bonchev–Trinajstić information content (AvgIpc) is 2.53. The second-order valence-electron chi connectivity index (χ2n) is 4.63. The van der Waals surface area contributed by atoms with Gasteiger partial charge in [-0.15, -0.1) is 0 Å². The van der Waals surface area contributed by atoms with Gasteiger partial charge in [-0.25, -0.2) is 0 Å². The topological polar surface area (TPSA) is 79.2 Å². The van der Waals surface area contributed by atoms with Crippen LogP contribution < -0.4 is 9.47 Å². The smallest absolute Gasteiger partial charge is 0.122 e. The maximum Gasteiger partial charge on any atom is 0.122 e. The minimum Gasteiger partial charge on any atom is -0.508 e. The lowest BCUT2D eigenvalue weighted by atomic mass is 9.98. The van der Waals surface area contributed by atoms with Gasteiger partial charge in [-0.1, -0.05) is 12.1 Å². The van der Waals surface area contributed by atoms with Crippen LogP contribution in [0.5, 0.6) is 17.2 Å². The van der Waals surface area contributed by atoms with E-state index in [2.05, 4.69) is 0 Å². The molecule has 0 amide bonds. The Hall–Kier alpha value is -2.24. The summed E-state index contributed by atoms with van der Waals surface area (Å²) in [7, 11) is 3.03. The fraction of sp³-hybridized carbons (Fsp3) is 0.250. The van der Waals surface area contributed by atoms with Crippen molar-refractivity contribution in [1.82, 2.24) is 0 Å². The van der Waals surface area contributed by atoms with E-state index in [0.717, 1.165) is 0 Å². The largest absolute Gasteiger partial charge is 0.508 e. The van der Waals surface area contributed by atoms with Crippen molar-refractivity contribution >= 4 is 0 Å². The van der Waals surface area contributed by atoms with Crippen molar-refractivity contribution < 1.29 is 24.8 Å². The minimum absolute atomic E-state index is 0.100. The number of methoxy groups -OCH3 is 2. The van der Waals surface area contributed by atoms with Crippen LogP contribution in [0.15, 0.2) is 42.5 Å².